The lowest BCUT2D eigenvalue weighted by Crippen LogP contribution is -2.42. The van der Waals surface area contributed by atoms with E-state index in [1.165, 1.54) is 17.3 Å². The Hall–Kier alpha value is -2.59. The van der Waals surface area contributed by atoms with Crippen molar-refractivity contribution in [1.29, 1.82) is 5.41 Å². The van der Waals surface area contributed by atoms with Gasteiger partial charge in [-0.2, -0.15) is 0 Å². The predicted molar refractivity (Wildman–Crippen MR) is 114 cm³/mol. The van der Waals surface area contributed by atoms with Crippen molar-refractivity contribution < 1.29 is 22.6 Å². The zero-order chi connectivity index (χ0) is 23.0. The average Bonchev–Trinajstić information content (AvgIpc) is 3.21. The number of anilines is 1. The van der Waals surface area contributed by atoms with E-state index in [2.05, 4.69) is 19.9 Å². The van der Waals surface area contributed by atoms with Crippen LogP contribution in [0.25, 0.3) is 0 Å². The Morgan fingerprint density at radius 3 is 2.69 bits per heavy atom. The van der Waals surface area contributed by atoms with Crippen molar-refractivity contribution >= 4 is 11.5 Å². The molecule has 3 aliphatic rings. The molecule has 2 aliphatic carbocycles. The van der Waals surface area contributed by atoms with Gasteiger partial charge in [-0.1, -0.05) is 5.57 Å². The molecule has 1 saturated heterocycles. The van der Waals surface area contributed by atoms with Crippen LogP contribution in [-0.2, 0) is 4.74 Å². The van der Waals surface area contributed by atoms with E-state index in [1.807, 2.05) is 13.8 Å². The molecule has 1 aromatic rings. The van der Waals surface area contributed by atoms with Crippen LogP contribution in [0.15, 0.2) is 35.2 Å². The minimum Gasteiger partial charge on any atom is -0.402 e. The van der Waals surface area contributed by atoms with Crippen LogP contribution < -0.4 is 15.8 Å². The number of alkyl halides is 3. The van der Waals surface area contributed by atoms with E-state index < -0.39 is 12.1 Å². The Kier molecular flexibility index (Phi) is 6.17. The maximum Gasteiger partial charge on any atom is 0.573 e. The summed E-state index contributed by atoms with van der Waals surface area (Å²) in [5.41, 5.74) is 9.22. The lowest BCUT2D eigenvalue weighted by molar-refractivity contribution is -0.274. The Balaban J connectivity index is 1.52. The van der Waals surface area contributed by atoms with E-state index in [0.29, 0.717) is 12.0 Å². The van der Waals surface area contributed by atoms with Crippen molar-refractivity contribution in [3.63, 3.8) is 0 Å². The van der Waals surface area contributed by atoms with Crippen LogP contribution in [0, 0.1) is 11.3 Å². The second kappa shape index (κ2) is 8.74. The minimum atomic E-state index is -4.88. The highest BCUT2D eigenvalue weighted by atomic mass is 19.4. The fourth-order valence-electron chi connectivity index (χ4n) is 4.57. The summed E-state index contributed by atoms with van der Waals surface area (Å²) in [4.78, 5) is 6.26. The molecule has 2 fully saturated rings. The Bertz CT molecular complexity index is 951. The summed E-state index contributed by atoms with van der Waals surface area (Å²) in [7, 11) is 0. The van der Waals surface area contributed by atoms with Crippen LogP contribution in [0.4, 0.5) is 19.0 Å². The maximum absolute atomic E-state index is 12.6. The lowest BCUT2D eigenvalue weighted by Gasteiger charge is -2.32. The number of halogens is 3. The Morgan fingerprint density at radius 2 is 2.09 bits per heavy atom. The molecule has 0 aromatic carbocycles. The van der Waals surface area contributed by atoms with Gasteiger partial charge < -0.3 is 25.9 Å². The van der Waals surface area contributed by atoms with Gasteiger partial charge in [0.05, 0.1) is 18.9 Å². The smallest absolute Gasteiger partial charge is 0.402 e. The third-order valence-corrected chi connectivity index (χ3v) is 6.00. The van der Waals surface area contributed by atoms with E-state index in [1.54, 1.807) is 6.08 Å². The van der Waals surface area contributed by atoms with Gasteiger partial charge in [0.1, 0.15) is 0 Å². The zero-order valence-corrected chi connectivity index (χ0v) is 18.1. The molecule has 0 spiro atoms. The monoisotopic (exact) mass is 451 g/mol. The lowest BCUT2D eigenvalue weighted by atomic mass is 10.0. The Morgan fingerprint density at radius 1 is 1.38 bits per heavy atom. The van der Waals surface area contributed by atoms with Gasteiger partial charge in [-0.25, -0.2) is 4.98 Å². The Labute approximate surface area is 185 Å². The highest BCUT2D eigenvalue weighted by Gasteiger charge is 2.47. The summed E-state index contributed by atoms with van der Waals surface area (Å²) >= 11 is 0. The number of aromatic nitrogens is 1. The highest BCUT2D eigenvalue weighted by molar-refractivity contribution is 6.07. The standard InChI is InChI=1S/C22H28F3N5O2/c1-12(2)29-18(20-15-8-14(9-16(15)20)30-3-5-31-6-4-30)10-17(26)13-7-19(21(27)28-11-13)32-22(23,24)25/h7,10-12,14-15,26,29H,3-6,8-9H2,1-2H3,(H2,27,28)/b18-10-,26-17?/t14?,15-/m1/s1. The predicted octanol–water partition coefficient (Wildman–Crippen LogP) is 3.23. The van der Waals surface area contributed by atoms with Crippen LogP contribution in [0.5, 0.6) is 5.75 Å². The number of hydrogen-bond donors (Lipinski definition) is 3. The number of nitrogens with two attached hydrogens (primary N) is 1. The molecule has 2 atom stereocenters. The van der Waals surface area contributed by atoms with Gasteiger partial charge in [-0.3, -0.25) is 4.90 Å². The minimum absolute atomic E-state index is 0.0375. The van der Waals surface area contributed by atoms with Crippen LogP contribution in [0.3, 0.4) is 0 Å². The molecule has 0 bridgehead atoms. The molecular formula is C22H28F3N5O2. The van der Waals surface area contributed by atoms with Crippen molar-refractivity contribution in [2.75, 3.05) is 32.0 Å². The fourth-order valence-corrected chi connectivity index (χ4v) is 4.57. The summed E-state index contributed by atoms with van der Waals surface area (Å²) < 4.78 is 47.3. The van der Waals surface area contributed by atoms with E-state index in [0.717, 1.165) is 50.9 Å². The van der Waals surface area contributed by atoms with Gasteiger partial charge in [0.2, 0.25) is 0 Å². The molecule has 1 aliphatic heterocycles. The highest BCUT2D eigenvalue weighted by Crippen LogP contribution is 2.55. The largest absolute Gasteiger partial charge is 0.573 e. The molecular weight excluding hydrogens is 423 g/mol. The summed E-state index contributed by atoms with van der Waals surface area (Å²) in [5.74, 6) is -0.578. The number of fused-ring (bicyclic) bond motifs is 1. The van der Waals surface area contributed by atoms with Crippen LogP contribution >= 0.6 is 0 Å². The number of nitrogens with zero attached hydrogens (tertiary/aromatic N) is 2. The van der Waals surface area contributed by atoms with Gasteiger partial charge in [-0.15, -0.1) is 13.2 Å². The normalized spacial score (nSPS) is 24.0. The fraction of sp³-hybridized carbons (Fsp3) is 0.545. The molecule has 1 unspecified atom stereocenters. The van der Waals surface area contributed by atoms with E-state index in [-0.39, 0.29) is 23.1 Å². The molecule has 1 aromatic heterocycles. The molecule has 7 nitrogen and oxygen atoms in total. The molecule has 174 valence electrons. The first-order valence-electron chi connectivity index (χ1n) is 10.8. The van der Waals surface area contributed by atoms with Crippen molar-refractivity contribution in [3.05, 3.63) is 40.7 Å². The third kappa shape index (κ3) is 5.07. The van der Waals surface area contributed by atoms with Gasteiger partial charge >= 0.3 is 6.36 Å². The number of morpholine rings is 1. The molecule has 32 heavy (non-hydrogen) atoms. The number of rotatable bonds is 7. The number of nitrogens with one attached hydrogen (secondary N) is 2. The molecule has 10 heteroatoms. The van der Waals surface area contributed by atoms with E-state index in [4.69, 9.17) is 15.9 Å². The second-order valence-electron chi connectivity index (χ2n) is 8.66. The van der Waals surface area contributed by atoms with Crippen LogP contribution in [0.2, 0.25) is 0 Å². The third-order valence-electron chi connectivity index (χ3n) is 6.00. The van der Waals surface area contributed by atoms with Crippen LogP contribution in [-0.4, -0.2) is 60.3 Å². The maximum atomic E-state index is 12.6. The average molecular weight is 451 g/mol. The molecule has 0 amide bonds. The van der Waals surface area contributed by atoms with Crippen molar-refractivity contribution in [3.8, 4) is 5.75 Å². The first kappa shape index (κ1) is 22.6. The number of allylic oxidation sites excluding steroid dienone is 2. The summed E-state index contributed by atoms with van der Waals surface area (Å²) in [6.07, 6.45) is 0.130. The van der Waals surface area contributed by atoms with Crippen molar-refractivity contribution in [2.24, 2.45) is 5.92 Å². The summed E-state index contributed by atoms with van der Waals surface area (Å²) in [6.45, 7) is 7.50. The van der Waals surface area contributed by atoms with Gasteiger partial charge in [-0.05, 0) is 44.4 Å². The molecule has 4 rings (SSSR count). The summed E-state index contributed by atoms with van der Waals surface area (Å²) in [5, 5.41) is 11.9. The van der Waals surface area contributed by atoms with Gasteiger partial charge in [0.15, 0.2) is 11.6 Å². The zero-order valence-electron chi connectivity index (χ0n) is 18.1. The van der Waals surface area contributed by atoms with E-state index in [9.17, 15) is 13.2 Å². The first-order chi connectivity index (χ1) is 15.1. The number of hydrogen-bond acceptors (Lipinski definition) is 7. The van der Waals surface area contributed by atoms with Crippen molar-refractivity contribution in [2.45, 2.75) is 45.1 Å². The number of ether oxygens (including phenoxy) is 2. The van der Waals surface area contributed by atoms with Crippen LogP contribution in [0.1, 0.15) is 32.3 Å². The quantitative estimate of drug-likeness (QED) is 0.551. The number of pyridine rings is 1. The molecule has 1 saturated carbocycles. The summed E-state index contributed by atoms with van der Waals surface area (Å²) in [6, 6.07) is 1.78. The van der Waals surface area contributed by atoms with Gasteiger partial charge in [0, 0.05) is 48.5 Å². The molecule has 0 radical (unpaired) electrons. The molecule has 2 heterocycles. The topological polar surface area (TPSA) is 96.5 Å². The number of nitrogen functional groups attached to an aromatic ring is 1. The SMILES string of the molecule is CC(C)N/C(=C\C(=N)c1cnc(N)c(OC(F)(F)F)c1)C1=C2CC(N3CCOCC3)C[C@H]21. The second-order valence-corrected chi connectivity index (χ2v) is 8.66. The van der Waals surface area contributed by atoms with Crippen molar-refractivity contribution in [1.82, 2.24) is 15.2 Å². The first-order valence-corrected chi connectivity index (χ1v) is 10.8. The van der Waals surface area contributed by atoms with Gasteiger partial charge in [0.25, 0.3) is 0 Å². The van der Waals surface area contributed by atoms with E-state index >= 15 is 0 Å². The molecule has 4 N–H and O–H groups in total.